The van der Waals surface area contributed by atoms with Gasteiger partial charge in [-0.2, -0.15) is 0 Å². The number of ether oxygens (including phenoxy) is 1. The first-order valence-electron chi connectivity index (χ1n) is 10.7. The van der Waals surface area contributed by atoms with Crippen molar-refractivity contribution in [1.82, 2.24) is 4.90 Å². The summed E-state index contributed by atoms with van der Waals surface area (Å²) in [6.07, 6.45) is 3.31. The Morgan fingerprint density at radius 2 is 1.73 bits per heavy atom. The van der Waals surface area contributed by atoms with E-state index in [0.29, 0.717) is 23.8 Å². The minimum absolute atomic E-state index is 0.0565. The maximum Gasteiger partial charge on any atom is 0.253 e. The van der Waals surface area contributed by atoms with Crippen LogP contribution in [0.5, 0.6) is 5.75 Å². The van der Waals surface area contributed by atoms with Gasteiger partial charge in [0.2, 0.25) is 5.91 Å². The average Bonchev–Trinajstić information content (AvgIpc) is 2.77. The summed E-state index contributed by atoms with van der Waals surface area (Å²) in [5, 5.41) is 5.98. The molecule has 0 unspecified atom stereocenters. The van der Waals surface area contributed by atoms with E-state index in [0.717, 1.165) is 37.4 Å². The highest BCUT2D eigenvalue weighted by molar-refractivity contribution is 5.96. The third kappa shape index (κ3) is 6.51. The van der Waals surface area contributed by atoms with Crippen LogP contribution >= 0.6 is 0 Å². The van der Waals surface area contributed by atoms with Crippen LogP contribution in [0.3, 0.4) is 0 Å². The van der Waals surface area contributed by atoms with E-state index in [2.05, 4.69) is 24.5 Å². The fourth-order valence-corrected chi connectivity index (χ4v) is 3.36. The van der Waals surface area contributed by atoms with Crippen LogP contribution in [0.2, 0.25) is 0 Å². The Morgan fingerprint density at radius 1 is 1.00 bits per heavy atom. The Balaban J connectivity index is 1.52. The van der Waals surface area contributed by atoms with Crippen molar-refractivity contribution in [2.24, 2.45) is 5.92 Å². The molecule has 1 fully saturated rings. The standard InChI is InChI=1S/C24H31N3O3/c1-18(2)17-30-22-11-7-10-21(15-22)26-23(28)16-25-20-9-6-8-19(14-20)24(29)27-12-4-3-5-13-27/h6-11,14-15,18,25H,3-5,12-13,16-17H2,1-2H3,(H,26,28). The Labute approximate surface area is 178 Å². The van der Waals surface area contributed by atoms with Gasteiger partial charge in [-0.15, -0.1) is 0 Å². The fraction of sp³-hybridized carbons (Fsp3) is 0.417. The molecular weight excluding hydrogens is 378 g/mol. The van der Waals surface area contributed by atoms with Crippen molar-refractivity contribution in [2.45, 2.75) is 33.1 Å². The lowest BCUT2D eigenvalue weighted by molar-refractivity contribution is -0.114. The first-order chi connectivity index (χ1) is 14.5. The molecule has 0 bridgehead atoms. The first-order valence-corrected chi connectivity index (χ1v) is 10.7. The molecule has 2 N–H and O–H groups in total. The average molecular weight is 410 g/mol. The van der Waals surface area contributed by atoms with E-state index in [1.807, 2.05) is 53.4 Å². The quantitative estimate of drug-likeness (QED) is 0.678. The number of piperidine rings is 1. The highest BCUT2D eigenvalue weighted by Gasteiger charge is 2.18. The molecule has 2 aromatic rings. The second-order valence-corrected chi connectivity index (χ2v) is 8.07. The number of carbonyl (C=O) groups excluding carboxylic acids is 2. The molecule has 1 heterocycles. The van der Waals surface area contributed by atoms with Crippen molar-refractivity contribution >= 4 is 23.2 Å². The number of likely N-dealkylation sites (tertiary alicyclic amines) is 1. The lowest BCUT2D eigenvalue weighted by Gasteiger charge is -2.26. The van der Waals surface area contributed by atoms with E-state index in [1.165, 1.54) is 6.42 Å². The summed E-state index contributed by atoms with van der Waals surface area (Å²) in [6, 6.07) is 14.7. The predicted molar refractivity (Wildman–Crippen MR) is 120 cm³/mol. The molecule has 0 atom stereocenters. The van der Waals surface area contributed by atoms with Gasteiger partial charge in [0.1, 0.15) is 5.75 Å². The zero-order chi connectivity index (χ0) is 21.3. The van der Waals surface area contributed by atoms with Crippen LogP contribution in [0.4, 0.5) is 11.4 Å². The van der Waals surface area contributed by atoms with Crippen molar-refractivity contribution in [3.63, 3.8) is 0 Å². The minimum Gasteiger partial charge on any atom is -0.493 e. The van der Waals surface area contributed by atoms with Crippen LogP contribution < -0.4 is 15.4 Å². The third-order valence-electron chi connectivity index (χ3n) is 4.91. The number of benzene rings is 2. The summed E-state index contributed by atoms with van der Waals surface area (Å²) in [4.78, 5) is 26.9. The van der Waals surface area contributed by atoms with E-state index in [4.69, 9.17) is 4.74 Å². The molecule has 0 spiro atoms. The second kappa shape index (κ2) is 10.7. The van der Waals surface area contributed by atoms with Gasteiger partial charge in [0.05, 0.1) is 13.2 Å². The summed E-state index contributed by atoms with van der Waals surface area (Å²) >= 11 is 0. The molecule has 2 aromatic carbocycles. The van der Waals surface area contributed by atoms with Gasteiger partial charge >= 0.3 is 0 Å². The van der Waals surface area contributed by atoms with Crippen LogP contribution in [0.25, 0.3) is 0 Å². The second-order valence-electron chi connectivity index (χ2n) is 8.07. The van der Waals surface area contributed by atoms with Gasteiger partial charge < -0.3 is 20.3 Å². The molecule has 160 valence electrons. The summed E-state index contributed by atoms with van der Waals surface area (Å²) in [5.74, 6) is 1.06. The lowest BCUT2D eigenvalue weighted by Crippen LogP contribution is -2.35. The molecule has 0 aliphatic carbocycles. The van der Waals surface area contributed by atoms with Crippen LogP contribution in [-0.4, -0.2) is 43.0 Å². The van der Waals surface area contributed by atoms with E-state index < -0.39 is 0 Å². The van der Waals surface area contributed by atoms with Gasteiger partial charge in [-0.3, -0.25) is 9.59 Å². The molecule has 2 amide bonds. The topological polar surface area (TPSA) is 70.7 Å². The van der Waals surface area contributed by atoms with E-state index in [1.54, 1.807) is 0 Å². The largest absolute Gasteiger partial charge is 0.493 e. The molecule has 6 heteroatoms. The Morgan fingerprint density at radius 3 is 2.50 bits per heavy atom. The number of amides is 2. The molecule has 30 heavy (non-hydrogen) atoms. The highest BCUT2D eigenvalue weighted by Crippen LogP contribution is 2.19. The number of rotatable bonds is 8. The number of carbonyl (C=O) groups is 2. The molecule has 0 saturated carbocycles. The van der Waals surface area contributed by atoms with Gasteiger partial charge in [-0.25, -0.2) is 0 Å². The molecule has 3 rings (SSSR count). The van der Waals surface area contributed by atoms with Crippen molar-refractivity contribution in [1.29, 1.82) is 0 Å². The Hall–Kier alpha value is -3.02. The summed E-state index contributed by atoms with van der Waals surface area (Å²) in [5.41, 5.74) is 2.09. The van der Waals surface area contributed by atoms with Gasteiger partial charge in [0.15, 0.2) is 0 Å². The molecule has 0 radical (unpaired) electrons. The van der Waals surface area contributed by atoms with Crippen LogP contribution in [0.15, 0.2) is 48.5 Å². The number of nitrogens with one attached hydrogen (secondary N) is 2. The molecule has 1 saturated heterocycles. The van der Waals surface area contributed by atoms with Crippen molar-refractivity contribution in [3.8, 4) is 5.75 Å². The smallest absolute Gasteiger partial charge is 0.253 e. The molecule has 6 nitrogen and oxygen atoms in total. The highest BCUT2D eigenvalue weighted by atomic mass is 16.5. The van der Waals surface area contributed by atoms with Gasteiger partial charge in [-0.1, -0.05) is 26.0 Å². The lowest BCUT2D eigenvalue weighted by atomic mass is 10.1. The maximum atomic E-state index is 12.7. The number of hydrogen-bond acceptors (Lipinski definition) is 4. The van der Waals surface area contributed by atoms with E-state index in [9.17, 15) is 9.59 Å². The van der Waals surface area contributed by atoms with Crippen molar-refractivity contribution in [3.05, 3.63) is 54.1 Å². The van der Waals surface area contributed by atoms with Crippen molar-refractivity contribution in [2.75, 3.05) is 36.9 Å². The monoisotopic (exact) mass is 409 g/mol. The van der Waals surface area contributed by atoms with E-state index in [-0.39, 0.29) is 18.4 Å². The summed E-state index contributed by atoms with van der Waals surface area (Å²) in [6.45, 7) is 6.56. The molecular formula is C24H31N3O3. The van der Waals surface area contributed by atoms with Crippen LogP contribution in [-0.2, 0) is 4.79 Å². The summed E-state index contributed by atoms with van der Waals surface area (Å²) < 4.78 is 5.70. The number of anilines is 2. The van der Waals surface area contributed by atoms with Gasteiger partial charge in [0, 0.05) is 36.1 Å². The van der Waals surface area contributed by atoms with Crippen molar-refractivity contribution < 1.29 is 14.3 Å². The van der Waals surface area contributed by atoms with Crippen LogP contribution in [0, 0.1) is 5.92 Å². The Bertz CT molecular complexity index is 860. The fourth-order valence-electron chi connectivity index (χ4n) is 3.36. The predicted octanol–water partition coefficient (Wildman–Crippen LogP) is 4.40. The third-order valence-corrected chi connectivity index (χ3v) is 4.91. The SMILES string of the molecule is CC(C)COc1cccc(NC(=O)CNc2cccc(C(=O)N3CCCCC3)c2)c1. The number of nitrogens with zero attached hydrogens (tertiary/aromatic N) is 1. The normalized spacial score (nSPS) is 13.8. The maximum absolute atomic E-state index is 12.7. The molecule has 0 aromatic heterocycles. The first kappa shape index (κ1) is 21.7. The van der Waals surface area contributed by atoms with Crippen LogP contribution in [0.1, 0.15) is 43.5 Å². The minimum atomic E-state index is -0.163. The van der Waals surface area contributed by atoms with Gasteiger partial charge in [0.25, 0.3) is 5.91 Å². The zero-order valence-electron chi connectivity index (χ0n) is 17.8. The summed E-state index contributed by atoms with van der Waals surface area (Å²) in [7, 11) is 0. The van der Waals surface area contributed by atoms with E-state index >= 15 is 0 Å². The molecule has 1 aliphatic heterocycles. The zero-order valence-corrected chi connectivity index (χ0v) is 17.8. The number of hydrogen-bond donors (Lipinski definition) is 2. The molecule has 1 aliphatic rings. The van der Waals surface area contributed by atoms with Gasteiger partial charge in [-0.05, 0) is 55.5 Å². The Kier molecular flexibility index (Phi) is 7.71.